The molecule has 10 nitrogen and oxygen atoms in total. The zero-order chi connectivity index (χ0) is 24.6. The molecular weight excluding hydrogens is 477 g/mol. The molecule has 182 valence electrons. The van der Waals surface area contributed by atoms with Gasteiger partial charge in [0.15, 0.2) is 0 Å². The van der Waals surface area contributed by atoms with E-state index in [-0.39, 0.29) is 11.6 Å². The summed E-state index contributed by atoms with van der Waals surface area (Å²) < 4.78 is 18.4. The molecule has 3 N–H and O–H groups in total. The number of rotatable bonds is 3. The fourth-order valence-corrected chi connectivity index (χ4v) is 6.05. The van der Waals surface area contributed by atoms with Crippen molar-refractivity contribution < 1.29 is 14.3 Å². The Balaban J connectivity index is 1.44. The maximum absolute atomic E-state index is 15.3. The van der Waals surface area contributed by atoms with Crippen LogP contribution in [0, 0.1) is 0 Å². The Hall–Kier alpha value is -3.60. The van der Waals surface area contributed by atoms with E-state index in [4.69, 9.17) is 21.7 Å². The summed E-state index contributed by atoms with van der Waals surface area (Å²) in [7, 11) is 3.44. The lowest BCUT2D eigenvalue weighted by Crippen LogP contribution is -2.58. The molecule has 1 amide bonds. The third-order valence-corrected chi connectivity index (χ3v) is 7.69. The number of carbonyl (C=O) groups is 1. The number of nitrogens with zero attached hydrogens (tertiary/aromatic N) is 5. The third-order valence-electron chi connectivity index (χ3n) is 7.28. The number of halogens is 2. The second-order valence-electron chi connectivity index (χ2n) is 9.31. The fraction of sp³-hybridized carbons (Fsp3) is 0.391. The Bertz CT molecular complexity index is 1560. The van der Waals surface area contributed by atoms with Crippen LogP contribution in [-0.2, 0) is 14.1 Å². The highest BCUT2D eigenvalue weighted by atomic mass is 35.5. The van der Waals surface area contributed by atoms with Crippen LogP contribution < -0.4 is 15.8 Å². The van der Waals surface area contributed by atoms with Crippen LogP contribution in [-0.4, -0.2) is 59.8 Å². The van der Waals surface area contributed by atoms with E-state index in [1.54, 1.807) is 17.9 Å². The number of carboxylic acid groups (broad SMARTS) is 1. The molecule has 2 aliphatic rings. The Kier molecular flexibility index (Phi) is 4.82. The van der Waals surface area contributed by atoms with E-state index in [0.29, 0.717) is 52.4 Å². The van der Waals surface area contributed by atoms with Gasteiger partial charge in [-0.05, 0) is 25.3 Å². The van der Waals surface area contributed by atoms with Crippen LogP contribution in [0.4, 0.5) is 15.1 Å². The van der Waals surface area contributed by atoms with Gasteiger partial charge in [-0.15, -0.1) is 0 Å². The Morgan fingerprint density at radius 1 is 1.29 bits per heavy atom. The lowest BCUT2D eigenvalue weighted by Gasteiger charge is -2.42. The van der Waals surface area contributed by atoms with Gasteiger partial charge in [-0.1, -0.05) is 17.7 Å². The molecule has 0 aliphatic carbocycles. The van der Waals surface area contributed by atoms with E-state index in [9.17, 15) is 9.59 Å². The predicted octanol–water partition coefficient (Wildman–Crippen LogP) is 3.18. The largest absolute Gasteiger partial charge is 0.465 e. The quantitative estimate of drug-likeness (QED) is 0.398. The summed E-state index contributed by atoms with van der Waals surface area (Å²) in [6.45, 7) is 0. The normalized spacial score (nSPS) is 23.9. The summed E-state index contributed by atoms with van der Waals surface area (Å²) in [5.41, 5.74) is 2.19. The van der Waals surface area contributed by atoms with E-state index < -0.39 is 24.3 Å². The fourth-order valence-electron chi connectivity index (χ4n) is 5.74. The number of hydrogen-bond acceptors (Lipinski definition) is 5. The highest BCUT2D eigenvalue weighted by Crippen LogP contribution is 2.41. The number of piperidine rings is 1. The predicted molar refractivity (Wildman–Crippen MR) is 130 cm³/mol. The van der Waals surface area contributed by atoms with Crippen LogP contribution >= 0.6 is 11.6 Å². The van der Waals surface area contributed by atoms with Gasteiger partial charge in [0.1, 0.15) is 11.8 Å². The highest BCUT2D eigenvalue weighted by Gasteiger charge is 2.49. The van der Waals surface area contributed by atoms with E-state index in [0.717, 1.165) is 10.9 Å². The molecule has 1 aromatic carbocycles. The number of alkyl halides is 1. The first kappa shape index (κ1) is 21.9. The summed E-state index contributed by atoms with van der Waals surface area (Å²) in [5, 5.41) is 17.4. The molecule has 2 aliphatic heterocycles. The number of aromatic nitrogens is 5. The van der Waals surface area contributed by atoms with Gasteiger partial charge in [-0.3, -0.25) is 14.0 Å². The van der Waals surface area contributed by atoms with Crippen LogP contribution in [0.3, 0.4) is 0 Å². The van der Waals surface area contributed by atoms with Gasteiger partial charge in [0.2, 0.25) is 5.95 Å². The first-order valence-electron chi connectivity index (χ1n) is 11.4. The van der Waals surface area contributed by atoms with Crippen molar-refractivity contribution in [2.24, 2.45) is 14.1 Å². The van der Waals surface area contributed by atoms with Crippen LogP contribution in [0.25, 0.3) is 33.1 Å². The SMILES string of the molecule is Cn1cc2c(Cl)c(-c3c[nH]c4nc(N5[C@@H]6CC[C@H]5[C@H](F)[C@H](NC(=O)O)C6)n(C)c(=O)c34)ccc2n1. The van der Waals surface area contributed by atoms with Gasteiger partial charge in [0.05, 0.1) is 28.0 Å². The molecule has 35 heavy (non-hydrogen) atoms. The van der Waals surface area contributed by atoms with Crippen molar-refractivity contribution in [2.45, 2.75) is 43.6 Å². The molecule has 2 fully saturated rings. The number of aromatic amines is 1. The molecule has 5 heterocycles. The molecule has 12 heteroatoms. The lowest BCUT2D eigenvalue weighted by molar-refractivity contribution is 0.151. The van der Waals surface area contributed by atoms with E-state index in [2.05, 4.69) is 15.4 Å². The number of hydrogen-bond donors (Lipinski definition) is 3. The van der Waals surface area contributed by atoms with Gasteiger partial charge < -0.3 is 20.3 Å². The average molecular weight is 500 g/mol. The van der Waals surface area contributed by atoms with Crippen molar-refractivity contribution in [2.75, 3.05) is 4.90 Å². The van der Waals surface area contributed by atoms with Crippen LogP contribution in [0.15, 0.2) is 29.3 Å². The molecule has 2 saturated heterocycles. The van der Waals surface area contributed by atoms with E-state index >= 15 is 4.39 Å². The Morgan fingerprint density at radius 3 is 2.86 bits per heavy atom. The van der Waals surface area contributed by atoms with E-state index in [1.807, 2.05) is 30.3 Å². The highest BCUT2D eigenvalue weighted by molar-refractivity contribution is 6.38. The standard InChI is InChI=1S/C23H23ClFN7O3/c1-30-9-13-14(29-30)5-4-11(18(13)24)12-8-26-20-17(12)21(33)31(2)22(28-20)32-10-3-6-16(32)19(25)15(7-10)27-23(34)35/h4-5,8-10,15-16,19,26-27H,3,6-7H2,1-2H3,(H,34,35)/t10-,15-,16+,19-/m1/s1. The zero-order valence-corrected chi connectivity index (χ0v) is 19.8. The molecular formula is C23H23ClFN7O3. The van der Waals surface area contributed by atoms with E-state index in [1.165, 1.54) is 4.57 Å². The third kappa shape index (κ3) is 3.21. The maximum atomic E-state index is 15.3. The smallest absolute Gasteiger partial charge is 0.404 e. The summed E-state index contributed by atoms with van der Waals surface area (Å²) in [6, 6.07) is 2.25. The Morgan fingerprint density at radius 2 is 2.09 bits per heavy atom. The summed E-state index contributed by atoms with van der Waals surface area (Å²) >= 11 is 6.71. The first-order chi connectivity index (χ1) is 16.7. The minimum absolute atomic E-state index is 0.115. The van der Waals surface area contributed by atoms with Crippen molar-refractivity contribution in [1.29, 1.82) is 0 Å². The van der Waals surface area contributed by atoms with Crippen molar-refractivity contribution in [3.8, 4) is 11.1 Å². The van der Waals surface area contributed by atoms with Gasteiger partial charge in [0, 0.05) is 49.0 Å². The summed E-state index contributed by atoms with van der Waals surface area (Å²) in [5.74, 6) is 0.369. The minimum Gasteiger partial charge on any atom is -0.465 e. The lowest BCUT2D eigenvalue weighted by atomic mass is 9.95. The van der Waals surface area contributed by atoms with Gasteiger partial charge in [-0.2, -0.15) is 10.1 Å². The number of aryl methyl sites for hydroxylation is 1. The Labute approximate surface area is 203 Å². The topological polar surface area (TPSA) is 121 Å². The van der Waals surface area contributed by atoms with Gasteiger partial charge in [-0.25, -0.2) is 9.18 Å². The summed E-state index contributed by atoms with van der Waals surface area (Å²) in [6.07, 6.45) is 2.48. The van der Waals surface area contributed by atoms with Crippen LogP contribution in [0.5, 0.6) is 0 Å². The maximum Gasteiger partial charge on any atom is 0.404 e. The van der Waals surface area contributed by atoms with Crippen LogP contribution in [0.2, 0.25) is 5.02 Å². The molecule has 0 spiro atoms. The van der Waals surface area contributed by atoms with Gasteiger partial charge >= 0.3 is 6.09 Å². The number of fused-ring (bicyclic) bond motifs is 4. The zero-order valence-electron chi connectivity index (χ0n) is 19.0. The molecule has 0 radical (unpaired) electrons. The second kappa shape index (κ2) is 7.70. The monoisotopic (exact) mass is 499 g/mol. The molecule has 4 aromatic rings. The molecule has 0 saturated carbocycles. The molecule has 0 unspecified atom stereocenters. The number of nitrogens with one attached hydrogen (secondary N) is 2. The first-order valence-corrected chi connectivity index (χ1v) is 11.7. The number of amides is 1. The number of anilines is 1. The van der Waals surface area contributed by atoms with Crippen molar-refractivity contribution in [3.63, 3.8) is 0 Å². The van der Waals surface area contributed by atoms with Crippen LogP contribution in [0.1, 0.15) is 19.3 Å². The summed E-state index contributed by atoms with van der Waals surface area (Å²) in [4.78, 5) is 34.4. The second-order valence-corrected chi connectivity index (χ2v) is 9.68. The number of benzene rings is 1. The molecule has 6 rings (SSSR count). The van der Waals surface area contributed by atoms with Crippen molar-refractivity contribution in [3.05, 3.63) is 39.9 Å². The molecule has 3 aromatic heterocycles. The minimum atomic E-state index is -1.40. The van der Waals surface area contributed by atoms with Crippen molar-refractivity contribution >= 4 is 45.6 Å². The van der Waals surface area contributed by atoms with Gasteiger partial charge in [0.25, 0.3) is 5.56 Å². The average Bonchev–Trinajstić information content (AvgIpc) is 3.49. The van der Waals surface area contributed by atoms with Crippen molar-refractivity contribution in [1.82, 2.24) is 29.6 Å². The molecule has 4 atom stereocenters. The molecule has 2 bridgehead atoms. The number of H-pyrrole nitrogens is 1.